The lowest BCUT2D eigenvalue weighted by Gasteiger charge is -2.29. The number of amides is 1. The summed E-state index contributed by atoms with van der Waals surface area (Å²) >= 11 is 0. The molecule has 22 heavy (non-hydrogen) atoms. The Balaban J connectivity index is 2.04. The van der Waals surface area contributed by atoms with Gasteiger partial charge < -0.3 is 4.90 Å². The van der Waals surface area contributed by atoms with Crippen molar-refractivity contribution in [3.63, 3.8) is 0 Å². The van der Waals surface area contributed by atoms with Gasteiger partial charge in [0.1, 0.15) is 6.04 Å². The molecule has 2 aliphatic rings. The maximum atomic E-state index is 12.8. The van der Waals surface area contributed by atoms with Crippen molar-refractivity contribution in [2.75, 3.05) is 25.4 Å². The first-order chi connectivity index (χ1) is 10.5. The van der Waals surface area contributed by atoms with Crippen LogP contribution in [0.3, 0.4) is 0 Å². The number of unbranched alkanes of at least 4 members (excludes halogenated alkanes) is 1. The zero-order valence-corrected chi connectivity index (χ0v) is 14.8. The smallest absolute Gasteiger partial charge is 0.241 e. The van der Waals surface area contributed by atoms with Gasteiger partial charge in [-0.25, -0.2) is 8.42 Å². The number of nitrogens with zero attached hydrogens (tertiary/aromatic N) is 2. The maximum Gasteiger partial charge on any atom is 0.241 e. The van der Waals surface area contributed by atoms with Gasteiger partial charge in [0.05, 0.1) is 5.75 Å². The first-order valence-electron chi connectivity index (χ1n) is 8.74. The van der Waals surface area contributed by atoms with Gasteiger partial charge in [-0.15, -0.1) is 0 Å². The van der Waals surface area contributed by atoms with Gasteiger partial charge in [0.15, 0.2) is 0 Å². The third-order valence-electron chi connectivity index (χ3n) is 4.93. The van der Waals surface area contributed by atoms with Gasteiger partial charge in [-0.1, -0.05) is 20.3 Å². The monoisotopic (exact) mass is 330 g/mol. The summed E-state index contributed by atoms with van der Waals surface area (Å²) in [5.41, 5.74) is 0. The van der Waals surface area contributed by atoms with Crippen LogP contribution in [0.2, 0.25) is 0 Å². The largest absolute Gasteiger partial charge is 0.341 e. The van der Waals surface area contributed by atoms with Crippen LogP contribution in [-0.2, 0) is 14.8 Å². The molecule has 2 unspecified atom stereocenters. The molecule has 5 nitrogen and oxygen atoms in total. The highest BCUT2D eigenvalue weighted by Gasteiger charge is 2.40. The van der Waals surface area contributed by atoms with E-state index in [-0.39, 0.29) is 11.7 Å². The summed E-state index contributed by atoms with van der Waals surface area (Å²) in [4.78, 5) is 14.7. The molecule has 2 fully saturated rings. The van der Waals surface area contributed by atoms with Crippen LogP contribution in [0.25, 0.3) is 0 Å². The Bertz CT molecular complexity index is 478. The lowest BCUT2D eigenvalue weighted by molar-refractivity contribution is -0.134. The molecule has 0 aromatic carbocycles. The Morgan fingerprint density at radius 1 is 1.09 bits per heavy atom. The molecule has 0 N–H and O–H groups in total. The minimum absolute atomic E-state index is 0.0340. The summed E-state index contributed by atoms with van der Waals surface area (Å²) in [5, 5.41) is 0. The van der Waals surface area contributed by atoms with Crippen LogP contribution in [0.15, 0.2) is 0 Å². The minimum Gasteiger partial charge on any atom is -0.341 e. The van der Waals surface area contributed by atoms with Gasteiger partial charge in [0, 0.05) is 19.6 Å². The molecule has 0 spiro atoms. The molecule has 0 aliphatic carbocycles. The molecular weight excluding hydrogens is 300 g/mol. The molecule has 128 valence electrons. The van der Waals surface area contributed by atoms with E-state index in [0.29, 0.717) is 25.3 Å². The summed E-state index contributed by atoms with van der Waals surface area (Å²) in [7, 11) is -3.29. The standard InChI is InChI=1S/C16H30N2O3S/c1-3-4-13-22(20,21)18-11-6-8-15(18)16(19)17-10-5-7-14(2)9-12-17/h14-15H,3-13H2,1-2H3. The zero-order chi connectivity index (χ0) is 16.2. The van der Waals surface area contributed by atoms with Crippen molar-refractivity contribution in [3.05, 3.63) is 0 Å². The number of hydrogen-bond donors (Lipinski definition) is 0. The van der Waals surface area contributed by atoms with E-state index in [1.807, 2.05) is 11.8 Å². The Morgan fingerprint density at radius 2 is 1.82 bits per heavy atom. The first kappa shape index (κ1) is 17.7. The second-order valence-corrected chi connectivity index (χ2v) is 8.84. The van der Waals surface area contributed by atoms with Crippen LogP contribution < -0.4 is 0 Å². The van der Waals surface area contributed by atoms with Crippen molar-refractivity contribution >= 4 is 15.9 Å². The van der Waals surface area contributed by atoms with Crippen LogP contribution in [0.1, 0.15) is 58.8 Å². The van der Waals surface area contributed by atoms with Gasteiger partial charge in [0.25, 0.3) is 0 Å². The van der Waals surface area contributed by atoms with Crippen LogP contribution >= 0.6 is 0 Å². The van der Waals surface area contributed by atoms with Gasteiger partial charge in [-0.3, -0.25) is 4.79 Å². The van der Waals surface area contributed by atoms with Crippen molar-refractivity contribution in [2.24, 2.45) is 5.92 Å². The molecule has 0 radical (unpaired) electrons. The average molecular weight is 330 g/mol. The predicted molar refractivity (Wildman–Crippen MR) is 88.0 cm³/mol. The highest BCUT2D eigenvalue weighted by Crippen LogP contribution is 2.25. The van der Waals surface area contributed by atoms with E-state index in [2.05, 4.69) is 6.92 Å². The molecule has 2 rings (SSSR count). The normalized spacial score (nSPS) is 27.8. The van der Waals surface area contributed by atoms with Crippen LogP contribution in [0, 0.1) is 5.92 Å². The van der Waals surface area contributed by atoms with Crippen LogP contribution in [0.4, 0.5) is 0 Å². The molecule has 2 aliphatic heterocycles. The van der Waals surface area contributed by atoms with E-state index < -0.39 is 16.1 Å². The number of likely N-dealkylation sites (tertiary alicyclic amines) is 1. The molecule has 2 saturated heterocycles. The highest BCUT2D eigenvalue weighted by atomic mass is 32.2. The third-order valence-corrected chi connectivity index (χ3v) is 6.89. The molecule has 0 aromatic rings. The number of rotatable bonds is 5. The average Bonchev–Trinajstić information content (AvgIpc) is 2.89. The molecule has 0 bridgehead atoms. The zero-order valence-electron chi connectivity index (χ0n) is 14.0. The summed E-state index contributed by atoms with van der Waals surface area (Å²) in [5.74, 6) is 0.863. The third kappa shape index (κ3) is 4.22. The lowest BCUT2D eigenvalue weighted by atomic mass is 10.0. The Labute approximate surface area is 135 Å². The summed E-state index contributed by atoms with van der Waals surface area (Å²) in [6, 6.07) is -0.449. The van der Waals surface area contributed by atoms with Crippen molar-refractivity contribution in [1.82, 2.24) is 9.21 Å². The van der Waals surface area contributed by atoms with E-state index in [9.17, 15) is 13.2 Å². The second-order valence-electron chi connectivity index (χ2n) is 6.80. The molecule has 2 heterocycles. The van der Waals surface area contributed by atoms with Crippen molar-refractivity contribution < 1.29 is 13.2 Å². The Kier molecular flexibility index (Phi) is 6.26. The van der Waals surface area contributed by atoms with Crippen molar-refractivity contribution in [1.29, 1.82) is 0 Å². The van der Waals surface area contributed by atoms with Crippen LogP contribution in [0.5, 0.6) is 0 Å². The molecule has 1 amide bonds. The maximum absolute atomic E-state index is 12.8. The molecule has 0 aromatic heterocycles. The summed E-state index contributed by atoms with van der Waals surface area (Å²) in [6.45, 7) is 6.28. The number of sulfonamides is 1. The summed E-state index contributed by atoms with van der Waals surface area (Å²) < 4.78 is 26.4. The van der Waals surface area contributed by atoms with E-state index in [0.717, 1.165) is 45.2 Å². The lowest BCUT2D eigenvalue weighted by Crippen LogP contribution is -2.48. The van der Waals surface area contributed by atoms with E-state index in [1.165, 1.54) is 4.31 Å². The van der Waals surface area contributed by atoms with Gasteiger partial charge in [-0.05, 0) is 44.4 Å². The molecule has 2 atom stereocenters. The fourth-order valence-corrected chi connectivity index (χ4v) is 5.34. The predicted octanol–water partition coefficient (Wildman–Crippen LogP) is 2.23. The van der Waals surface area contributed by atoms with E-state index in [4.69, 9.17) is 0 Å². The Hall–Kier alpha value is -0.620. The molecular formula is C16H30N2O3S. The highest BCUT2D eigenvalue weighted by molar-refractivity contribution is 7.89. The van der Waals surface area contributed by atoms with E-state index in [1.54, 1.807) is 0 Å². The molecule has 6 heteroatoms. The number of carbonyl (C=O) groups excluding carboxylic acids is 1. The minimum atomic E-state index is -3.29. The van der Waals surface area contributed by atoms with Gasteiger partial charge >= 0.3 is 0 Å². The van der Waals surface area contributed by atoms with Crippen molar-refractivity contribution in [3.8, 4) is 0 Å². The van der Waals surface area contributed by atoms with Gasteiger partial charge in [0.2, 0.25) is 15.9 Å². The Morgan fingerprint density at radius 3 is 2.55 bits per heavy atom. The number of carbonyl (C=O) groups is 1. The van der Waals surface area contributed by atoms with Gasteiger partial charge in [-0.2, -0.15) is 4.31 Å². The molecule has 0 saturated carbocycles. The SMILES string of the molecule is CCCCS(=O)(=O)N1CCCC1C(=O)N1CCCC(C)CC1. The number of hydrogen-bond acceptors (Lipinski definition) is 3. The van der Waals surface area contributed by atoms with Crippen molar-refractivity contribution in [2.45, 2.75) is 64.8 Å². The fraction of sp³-hybridized carbons (Fsp3) is 0.938. The van der Waals surface area contributed by atoms with E-state index >= 15 is 0 Å². The second kappa shape index (κ2) is 7.77. The fourth-order valence-electron chi connectivity index (χ4n) is 3.46. The quantitative estimate of drug-likeness (QED) is 0.777. The topological polar surface area (TPSA) is 57.7 Å². The first-order valence-corrected chi connectivity index (χ1v) is 10.3. The van der Waals surface area contributed by atoms with Crippen LogP contribution in [-0.4, -0.2) is 55.0 Å². The summed E-state index contributed by atoms with van der Waals surface area (Å²) in [6.07, 6.45) is 6.22.